The van der Waals surface area contributed by atoms with Gasteiger partial charge in [0, 0.05) is 37.1 Å². The molecule has 2 N–H and O–H groups in total. The van der Waals surface area contributed by atoms with E-state index in [0.717, 1.165) is 24.1 Å². The van der Waals surface area contributed by atoms with Crippen molar-refractivity contribution in [2.75, 3.05) is 19.5 Å². The lowest BCUT2D eigenvalue weighted by atomic mass is 10.1. The molecule has 142 valence electrons. The lowest BCUT2D eigenvalue weighted by molar-refractivity contribution is 0.0951. The van der Waals surface area contributed by atoms with Crippen LogP contribution in [0.2, 0.25) is 0 Å². The van der Waals surface area contributed by atoms with Gasteiger partial charge in [-0.3, -0.25) is 9.78 Å². The summed E-state index contributed by atoms with van der Waals surface area (Å²) in [6.45, 7) is 2.35. The van der Waals surface area contributed by atoms with Gasteiger partial charge in [-0.15, -0.1) is 0 Å². The normalized spacial score (nSPS) is 13.0. The zero-order chi connectivity index (χ0) is 19.4. The van der Waals surface area contributed by atoms with Gasteiger partial charge in [0.2, 0.25) is 0 Å². The average Bonchev–Trinajstić information content (AvgIpc) is 3.45. The number of carbonyl (C=O) groups is 2. The van der Waals surface area contributed by atoms with Crippen LogP contribution >= 0.6 is 0 Å². The number of ether oxygens (including phenoxy) is 1. The van der Waals surface area contributed by atoms with Crippen LogP contribution in [-0.2, 0) is 6.54 Å². The molecule has 3 rings (SSSR count). The van der Waals surface area contributed by atoms with Crippen LogP contribution in [0.4, 0.5) is 10.5 Å². The van der Waals surface area contributed by atoms with E-state index < -0.39 is 0 Å². The molecule has 7 nitrogen and oxygen atoms in total. The van der Waals surface area contributed by atoms with Gasteiger partial charge in [0.15, 0.2) is 0 Å². The molecule has 0 bridgehead atoms. The van der Waals surface area contributed by atoms with Crippen LogP contribution in [0.5, 0.6) is 5.75 Å². The summed E-state index contributed by atoms with van der Waals surface area (Å²) in [6, 6.07) is 8.81. The predicted octanol–water partition coefficient (Wildman–Crippen LogP) is 2.95. The fourth-order valence-electron chi connectivity index (χ4n) is 2.70. The second-order valence-corrected chi connectivity index (χ2v) is 6.75. The van der Waals surface area contributed by atoms with Crippen molar-refractivity contribution in [2.24, 2.45) is 0 Å². The van der Waals surface area contributed by atoms with Crippen molar-refractivity contribution in [3.63, 3.8) is 0 Å². The molecule has 3 amide bonds. The highest BCUT2D eigenvalue weighted by Crippen LogP contribution is 2.27. The molecule has 1 aromatic carbocycles. The number of methoxy groups -OCH3 is 1. The molecule has 0 spiro atoms. The third kappa shape index (κ3) is 4.97. The van der Waals surface area contributed by atoms with Gasteiger partial charge in [-0.1, -0.05) is 0 Å². The number of carbonyl (C=O) groups excluding carboxylic acids is 2. The molecule has 0 saturated heterocycles. The van der Waals surface area contributed by atoms with Gasteiger partial charge in [0.05, 0.1) is 12.8 Å². The summed E-state index contributed by atoms with van der Waals surface area (Å²) >= 11 is 0. The summed E-state index contributed by atoms with van der Waals surface area (Å²) in [5, 5.41) is 5.77. The zero-order valence-corrected chi connectivity index (χ0v) is 15.8. The molecular weight excluding hydrogens is 344 g/mol. The van der Waals surface area contributed by atoms with E-state index in [9.17, 15) is 9.59 Å². The third-order valence-electron chi connectivity index (χ3n) is 4.34. The van der Waals surface area contributed by atoms with Gasteiger partial charge in [-0.2, -0.15) is 0 Å². The molecule has 1 aliphatic carbocycles. The monoisotopic (exact) mass is 368 g/mol. The first-order chi connectivity index (χ1) is 13.0. The fraction of sp³-hybridized carbons (Fsp3) is 0.350. The maximum Gasteiger partial charge on any atom is 0.321 e. The highest BCUT2D eigenvalue weighted by molar-refractivity contribution is 5.98. The van der Waals surface area contributed by atoms with Crippen LogP contribution < -0.4 is 15.4 Å². The molecule has 0 aliphatic heterocycles. The van der Waals surface area contributed by atoms with Crippen LogP contribution in [-0.4, -0.2) is 42.0 Å². The van der Waals surface area contributed by atoms with Gasteiger partial charge in [0.1, 0.15) is 5.75 Å². The number of nitrogens with zero attached hydrogens (tertiary/aromatic N) is 2. The van der Waals surface area contributed by atoms with E-state index in [1.54, 1.807) is 36.3 Å². The smallest absolute Gasteiger partial charge is 0.321 e. The van der Waals surface area contributed by atoms with Crippen molar-refractivity contribution in [1.82, 2.24) is 15.2 Å². The molecule has 1 saturated carbocycles. The number of amides is 3. The van der Waals surface area contributed by atoms with Crippen LogP contribution in [0.3, 0.4) is 0 Å². The fourth-order valence-corrected chi connectivity index (χ4v) is 2.70. The van der Waals surface area contributed by atoms with Gasteiger partial charge in [-0.25, -0.2) is 4.79 Å². The van der Waals surface area contributed by atoms with Crippen LogP contribution in [0.1, 0.15) is 34.5 Å². The molecule has 27 heavy (non-hydrogen) atoms. The van der Waals surface area contributed by atoms with Crippen molar-refractivity contribution in [3.8, 4) is 5.75 Å². The molecule has 0 atom stereocenters. The Bertz CT molecular complexity index is 849. The first-order valence-electron chi connectivity index (χ1n) is 8.89. The molecule has 1 fully saturated rings. The van der Waals surface area contributed by atoms with E-state index in [1.165, 1.54) is 7.11 Å². The molecular formula is C20H24N4O3. The Morgan fingerprint density at radius 3 is 2.70 bits per heavy atom. The number of hydrogen-bond acceptors (Lipinski definition) is 4. The van der Waals surface area contributed by atoms with E-state index in [0.29, 0.717) is 23.5 Å². The van der Waals surface area contributed by atoms with Crippen molar-refractivity contribution >= 4 is 17.6 Å². The van der Waals surface area contributed by atoms with Crippen molar-refractivity contribution in [3.05, 3.63) is 53.3 Å². The van der Waals surface area contributed by atoms with Gasteiger partial charge in [-0.05, 0) is 55.7 Å². The summed E-state index contributed by atoms with van der Waals surface area (Å²) < 4.78 is 5.31. The largest absolute Gasteiger partial charge is 0.495 e. The molecule has 1 aliphatic rings. The minimum Gasteiger partial charge on any atom is -0.495 e. The molecule has 1 heterocycles. The third-order valence-corrected chi connectivity index (χ3v) is 4.34. The lowest BCUT2D eigenvalue weighted by Crippen LogP contribution is -2.31. The SMILES string of the molecule is COc1ccc(C(=O)NC2CC2)cc1NC(=O)N(C)Cc1ccnc(C)c1. The van der Waals surface area contributed by atoms with E-state index in [4.69, 9.17) is 4.74 Å². The second kappa shape index (κ2) is 8.07. The minimum absolute atomic E-state index is 0.142. The van der Waals surface area contributed by atoms with Crippen LogP contribution in [0, 0.1) is 6.92 Å². The number of nitrogens with one attached hydrogen (secondary N) is 2. The molecule has 0 unspecified atom stereocenters. The number of pyridine rings is 1. The average molecular weight is 368 g/mol. The number of benzene rings is 1. The number of rotatable bonds is 6. The predicted molar refractivity (Wildman–Crippen MR) is 103 cm³/mol. The van der Waals surface area contributed by atoms with Crippen LogP contribution in [0.15, 0.2) is 36.5 Å². The first kappa shape index (κ1) is 18.7. The summed E-state index contributed by atoms with van der Waals surface area (Å²) in [7, 11) is 3.24. The molecule has 0 radical (unpaired) electrons. The maximum absolute atomic E-state index is 12.6. The van der Waals surface area contributed by atoms with Gasteiger partial charge < -0.3 is 20.3 Å². The Hall–Kier alpha value is -3.09. The Labute approximate surface area is 158 Å². The summed E-state index contributed by atoms with van der Waals surface area (Å²) in [5.74, 6) is 0.357. The Balaban J connectivity index is 1.70. The molecule has 2 aromatic rings. The molecule has 7 heteroatoms. The number of hydrogen-bond donors (Lipinski definition) is 2. The van der Waals surface area contributed by atoms with E-state index in [-0.39, 0.29) is 18.0 Å². The highest BCUT2D eigenvalue weighted by atomic mass is 16.5. The number of aromatic nitrogens is 1. The number of urea groups is 1. The minimum atomic E-state index is -0.289. The first-order valence-corrected chi connectivity index (χ1v) is 8.89. The van der Waals surface area contributed by atoms with Gasteiger partial charge in [0.25, 0.3) is 5.91 Å². The van der Waals surface area contributed by atoms with E-state index >= 15 is 0 Å². The van der Waals surface area contributed by atoms with Gasteiger partial charge >= 0.3 is 6.03 Å². The topological polar surface area (TPSA) is 83.6 Å². The number of aryl methyl sites for hydroxylation is 1. The van der Waals surface area contributed by atoms with Crippen LogP contribution in [0.25, 0.3) is 0 Å². The Morgan fingerprint density at radius 2 is 2.04 bits per heavy atom. The Kier molecular flexibility index (Phi) is 5.59. The van der Waals surface area contributed by atoms with Crippen molar-refractivity contribution in [2.45, 2.75) is 32.4 Å². The van der Waals surface area contributed by atoms with E-state index in [1.807, 2.05) is 19.1 Å². The van der Waals surface area contributed by atoms with Crippen molar-refractivity contribution in [1.29, 1.82) is 0 Å². The van der Waals surface area contributed by atoms with Crippen molar-refractivity contribution < 1.29 is 14.3 Å². The Morgan fingerprint density at radius 1 is 1.26 bits per heavy atom. The maximum atomic E-state index is 12.6. The summed E-state index contributed by atoms with van der Waals surface area (Å²) in [5.41, 5.74) is 2.84. The summed E-state index contributed by atoms with van der Waals surface area (Å²) in [4.78, 5) is 30.6. The highest BCUT2D eigenvalue weighted by Gasteiger charge is 2.24. The standard InChI is InChI=1S/C20H24N4O3/c1-13-10-14(8-9-21-13)12-24(2)20(26)23-17-11-15(4-7-18(17)27-3)19(25)22-16-5-6-16/h4,7-11,16H,5-6,12H2,1-3H3,(H,22,25)(H,23,26). The zero-order valence-electron chi connectivity index (χ0n) is 15.8. The number of anilines is 1. The van der Waals surface area contributed by atoms with E-state index in [2.05, 4.69) is 15.6 Å². The molecule has 1 aromatic heterocycles. The second-order valence-electron chi connectivity index (χ2n) is 6.75. The lowest BCUT2D eigenvalue weighted by Gasteiger charge is -2.19. The summed E-state index contributed by atoms with van der Waals surface area (Å²) in [6.07, 6.45) is 3.76. The quantitative estimate of drug-likeness (QED) is 0.821.